The number of amides is 1. The molecule has 2 N–H and O–H groups in total. The Morgan fingerprint density at radius 2 is 1.79 bits per heavy atom. The Balaban J connectivity index is 1.33. The van der Waals surface area contributed by atoms with Crippen LogP contribution in [0.4, 0.5) is 15.8 Å². The van der Waals surface area contributed by atoms with Gasteiger partial charge in [-0.3, -0.25) is 9.69 Å². The molecule has 4 aromatic rings. The number of nitrogens with zero attached hydrogens (tertiary/aromatic N) is 4. The number of morpholine rings is 1. The second-order valence-corrected chi connectivity index (χ2v) is 10.3. The van der Waals surface area contributed by atoms with Gasteiger partial charge in [-0.2, -0.15) is 0 Å². The first kappa shape index (κ1) is 25.5. The molecule has 202 valence electrons. The van der Waals surface area contributed by atoms with Gasteiger partial charge in [-0.25, -0.2) is 9.37 Å². The highest BCUT2D eigenvalue weighted by Crippen LogP contribution is 2.34. The Bertz CT molecular complexity index is 1440. The SMILES string of the molecule is CN1CCN(c2ccc(-c3cc(CN4CCOCC4)ccc3F)cc2NC(=O)c2nc3ccccc3[nH]2)CC1. The molecule has 3 heterocycles. The van der Waals surface area contributed by atoms with Gasteiger partial charge in [0.2, 0.25) is 0 Å². The molecule has 39 heavy (non-hydrogen) atoms. The van der Waals surface area contributed by atoms with Crippen LogP contribution in [-0.2, 0) is 11.3 Å². The number of carbonyl (C=O) groups is 1. The fraction of sp³-hybridized carbons (Fsp3) is 0.333. The minimum atomic E-state index is -0.333. The predicted octanol–water partition coefficient (Wildman–Crippen LogP) is 4.21. The van der Waals surface area contributed by atoms with Gasteiger partial charge >= 0.3 is 0 Å². The molecule has 0 saturated carbocycles. The highest BCUT2D eigenvalue weighted by atomic mass is 19.1. The van der Waals surface area contributed by atoms with E-state index in [2.05, 4.69) is 37.0 Å². The van der Waals surface area contributed by atoms with E-state index in [1.54, 1.807) is 0 Å². The van der Waals surface area contributed by atoms with E-state index in [1.807, 2.05) is 54.6 Å². The van der Waals surface area contributed by atoms with Crippen LogP contribution >= 0.6 is 0 Å². The molecule has 0 radical (unpaired) electrons. The lowest BCUT2D eigenvalue weighted by atomic mass is 10.00. The minimum Gasteiger partial charge on any atom is -0.379 e. The van der Waals surface area contributed by atoms with Crippen LogP contribution in [0.5, 0.6) is 0 Å². The van der Waals surface area contributed by atoms with Crippen LogP contribution in [0.25, 0.3) is 22.2 Å². The largest absolute Gasteiger partial charge is 0.379 e. The molecule has 9 heteroatoms. The van der Waals surface area contributed by atoms with Crippen molar-refractivity contribution in [1.29, 1.82) is 0 Å². The molecule has 1 aromatic heterocycles. The van der Waals surface area contributed by atoms with Crippen molar-refractivity contribution in [2.75, 3.05) is 69.7 Å². The summed E-state index contributed by atoms with van der Waals surface area (Å²) in [6.45, 7) is 7.44. The van der Waals surface area contributed by atoms with E-state index in [0.29, 0.717) is 16.8 Å². The number of benzene rings is 3. The summed E-state index contributed by atoms with van der Waals surface area (Å²) >= 11 is 0. The number of para-hydroxylation sites is 2. The number of likely N-dealkylation sites (N-methyl/N-ethyl adjacent to an activating group) is 1. The van der Waals surface area contributed by atoms with Crippen LogP contribution in [0.15, 0.2) is 60.7 Å². The highest BCUT2D eigenvalue weighted by Gasteiger charge is 2.21. The van der Waals surface area contributed by atoms with Crippen molar-refractivity contribution >= 4 is 28.3 Å². The van der Waals surface area contributed by atoms with Gasteiger partial charge in [0.1, 0.15) is 5.82 Å². The lowest BCUT2D eigenvalue weighted by Gasteiger charge is -2.35. The Kier molecular flexibility index (Phi) is 7.28. The number of nitrogens with one attached hydrogen (secondary N) is 2. The van der Waals surface area contributed by atoms with Gasteiger partial charge in [-0.1, -0.05) is 24.3 Å². The molecule has 2 aliphatic rings. The predicted molar refractivity (Wildman–Crippen MR) is 152 cm³/mol. The number of H-pyrrole nitrogens is 1. The second kappa shape index (κ2) is 11.1. The summed E-state index contributed by atoms with van der Waals surface area (Å²) < 4.78 is 20.6. The molecular formula is C30H33FN6O2. The van der Waals surface area contributed by atoms with Crippen LogP contribution in [0.2, 0.25) is 0 Å². The number of fused-ring (bicyclic) bond motifs is 1. The number of rotatable bonds is 6. The molecule has 0 atom stereocenters. The zero-order chi connectivity index (χ0) is 26.8. The first-order valence-electron chi connectivity index (χ1n) is 13.5. The van der Waals surface area contributed by atoms with Crippen molar-refractivity contribution in [3.63, 3.8) is 0 Å². The molecule has 2 aliphatic heterocycles. The van der Waals surface area contributed by atoms with Crippen LogP contribution in [-0.4, -0.2) is 85.2 Å². The average molecular weight is 529 g/mol. The molecular weight excluding hydrogens is 495 g/mol. The second-order valence-electron chi connectivity index (χ2n) is 10.3. The lowest BCUT2D eigenvalue weighted by Crippen LogP contribution is -2.44. The van der Waals surface area contributed by atoms with Crippen molar-refractivity contribution in [2.45, 2.75) is 6.54 Å². The molecule has 0 unspecified atom stereocenters. The van der Waals surface area contributed by atoms with Gasteiger partial charge in [0, 0.05) is 51.4 Å². The number of aromatic nitrogens is 2. The number of imidazole rings is 1. The van der Waals surface area contributed by atoms with E-state index in [0.717, 1.165) is 81.3 Å². The average Bonchev–Trinajstić information content (AvgIpc) is 3.40. The van der Waals surface area contributed by atoms with Crippen LogP contribution in [0.3, 0.4) is 0 Å². The van der Waals surface area contributed by atoms with Gasteiger partial charge in [0.15, 0.2) is 5.82 Å². The quantitative estimate of drug-likeness (QED) is 0.391. The van der Waals surface area contributed by atoms with Crippen LogP contribution in [0, 0.1) is 5.82 Å². The number of ether oxygens (including phenoxy) is 1. The molecule has 8 nitrogen and oxygen atoms in total. The third-order valence-corrected chi connectivity index (χ3v) is 7.54. The van der Waals surface area contributed by atoms with E-state index >= 15 is 4.39 Å². The summed E-state index contributed by atoms with van der Waals surface area (Å²) in [4.78, 5) is 27.8. The molecule has 6 rings (SSSR count). The Morgan fingerprint density at radius 3 is 2.59 bits per heavy atom. The van der Waals surface area contributed by atoms with Crippen LogP contribution < -0.4 is 10.2 Å². The number of aromatic amines is 1. The van der Waals surface area contributed by atoms with E-state index < -0.39 is 0 Å². The lowest BCUT2D eigenvalue weighted by molar-refractivity contribution is 0.0342. The molecule has 2 saturated heterocycles. The zero-order valence-electron chi connectivity index (χ0n) is 22.1. The maximum absolute atomic E-state index is 15.2. The number of anilines is 2. The summed E-state index contributed by atoms with van der Waals surface area (Å²) in [6, 6.07) is 18.7. The van der Waals surface area contributed by atoms with Gasteiger partial charge in [-0.05, 0) is 54.6 Å². The van der Waals surface area contributed by atoms with Crippen molar-refractivity contribution < 1.29 is 13.9 Å². The Hall–Kier alpha value is -3.79. The zero-order valence-corrected chi connectivity index (χ0v) is 22.1. The number of piperazine rings is 1. The molecule has 0 spiro atoms. The first-order valence-corrected chi connectivity index (χ1v) is 13.5. The number of hydrogen-bond donors (Lipinski definition) is 2. The van der Waals surface area contributed by atoms with Gasteiger partial charge in [0.05, 0.1) is 35.6 Å². The van der Waals surface area contributed by atoms with E-state index in [9.17, 15) is 4.79 Å². The topological polar surface area (TPSA) is 76.7 Å². The molecule has 0 aliphatic carbocycles. The fourth-order valence-corrected chi connectivity index (χ4v) is 5.28. The normalized spacial score (nSPS) is 17.0. The smallest absolute Gasteiger partial charge is 0.291 e. The summed E-state index contributed by atoms with van der Waals surface area (Å²) in [5.74, 6) is -0.382. The Labute approximate surface area is 227 Å². The summed E-state index contributed by atoms with van der Waals surface area (Å²) in [5, 5.41) is 3.07. The molecule has 3 aromatic carbocycles. The minimum absolute atomic E-state index is 0.240. The van der Waals surface area contributed by atoms with Gasteiger partial charge in [0.25, 0.3) is 5.91 Å². The fourth-order valence-electron chi connectivity index (χ4n) is 5.28. The van der Waals surface area contributed by atoms with Crippen molar-refractivity contribution in [2.24, 2.45) is 0 Å². The summed E-state index contributed by atoms with van der Waals surface area (Å²) in [7, 11) is 2.11. The van der Waals surface area contributed by atoms with E-state index in [1.165, 1.54) is 6.07 Å². The monoisotopic (exact) mass is 528 g/mol. The number of carbonyl (C=O) groups excluding carboxylic acids is 1. The van der Waals surface area contributed by atoms with Gasteiger partial charge < -0.3 is 24.8 Å². The third kappa shape index (κ3) is 5.66. The first-order chi connectivity index (χ1) is 19.0. The highest BCUT2D eigenvalue weighted by molar-refractivity contribution is 6.05. The summed E-state index contributed by atoms with van der Waals surface area (Å²) in [6.07, 6.45) is 0. The van der Waals surface area contributed by atoms with Crippen LogP contribution in [0.1, 0.15) is 16.2 Å². The van der Waals surface area contributed by atoms with Crippen molar-refractivity contribution in [3.05, 3.63) is 77.9 Å². The Morgan fingerprint density at radius 1 is 1.00 bits per heavy atom. The molecule has 0 bridgehead atoms. The molecule has 2 fully saturated rings. The van der Waals surface area contributed by atoms with Crippen molar-refractivity contribution in [1.82, 2.24) is 19.8 Å². The maximum atomic E-state index is 15.2. The molecule has 1 amide bonds. The maximum Gasteiger partial charge on any atom is 0.291 e. The van der Waals surface area contributed by atoms with E-state index in [4.69, 9.17) is 4.74 Å². The number of hydrogen-bond acceptors (Lipinski definition) is 6. The van der Waals surface area contributed by atoms with E-state index in [-0.39, 0.29) is 17.5 Å². The summed E-state index contributed by atoms with van der Waals surface area (Å²) in [5.41, 5.74) is 5.37. The third-order valence-electron chi connectivity index (χ3n) is 7.54. The van der Waals surface area contributed by atoms with Crippen molar-refractivity contribution in [3.8, 4) is 11.1 Å². The number of halogens is 1. The standard InChI is InChI=1S/C30H33FN6O2/c1-35-10-12-37(13-11-35)28-9-7-22(23-18-21(6-8-24(23)31)20-36-14-16-39-17-15-36)19-27(28)34-30(38)29-32-25-4-2-3-5-26(25)33-29/h2-9,18-19H,10-17,20H2,1H3,(H,32,33)(H,34,38). The van der Waals surface area contributed by atoms with Gasteiger partial charge in [-0.15, -0.1) is 0 Å².